The highest BCUT2D eigenvalue weighted by Gasteiger charge is 2.31. The molecule has 0 saturated carbocycles. The van der Waals surface area contributed by atoms with Crippen molar-refractivity contribution in [3.05, 3.63) is 74.8 Å². The van der Waals surface area contributed by atoms with Gasteiger partial charge in [0.25, 0.3) is 5.56 Å². The third-order valence-electron chi connectivity index (χ3n) is 4.99. The second-order valence-corrected chi connectivity index (χ2v) is 8.65. The third-order valence-corrected chi connectivity index (χ3v) is 6.12. The van der Waals surface area contributed by atoms with Crippen LogP contribution in [0.1, 0.15) is 18.1 Å². The van der Waals surface area contributed by atoms with E-state index in [2.05, 4.69) is 15.0 Å². The Morgan fingerprint density at radius 1 is 1.12 bits per heavy atom. The van der Waals surface area contributed by atoms with Crippen LogP contribution in [0.15, 0.2) is 52.4 Å². The van der Waals surface area contributed by atoms with E-state index in [0.717, 1.165) is 17.7 Å². The summed E-state index contributed by atoms with van der Waals surface area (Å²) >= 11 is 7.13. The molecule has 0 bridgehead atoms. The van der Waals surface area contributed by atoms with Gasteiger partial charge >= 0.3 is 6.18 Å². The quantitative estimate of drug-likeness (QED) is 0.203. The molecule has 0 aliphatic rings. The first kappa shape index (κ1) is 23.3. The van der Waals surface area contributed by atoms with Gasteiger partial charge in [-0.25, -0.2) is 14.4 Å². The van der Waals surface area contributed by atoms with E-state index < -0.39 is 23.1 Å². The number of imidazole rings is 1. The Hall–Kier alpha value is -2.85. The monoisotopic (exact) mass is 496 g/mol. The zero-order valence-corrected chi connectivity index (χ0v) is 18.8. The molecule has 0 amide bonds. The number of H-pyrrole nitrogens is 1. The van der Waals surface area contributed by atoms with Crippen molar-refractivity contribution in [1.29, 1.82) is 0 Å². The minimum absolute atomic E-state index is 0.155. The second kappa shape index (κ2) is 9.18. The van der Waals surface area contributed by atoms with Gasteiger partial charge in [0.1, 0.15) is 11.6 Å². The van der Waals surface area contributed by atoms with Gasteiger partial charge in [-0.1, -0.05) is 29.4 Å². The van der Waals surface area contributed by atoms with E-state index >= 15 is 0 Å². The first-order chi connectivity index (χ1) is 15.7. The molecule has 0 unspecified atom stereocenters. The predicted molar refractivity (Wildman–Crippen MR) is 120 cm³/mol. The number of aromatic amines is 1. The standard InChI is InChI=1S/C22H17ClF4N4OS/c1-2-31-18(13-4-7-15(23)8-5-13)28-17-19(31)29-21(30-20(17)32)33-10-9-12-3-6-14(11-16(12)24)22(25,26)27/h3-8,11H,2,9-10H2,1H3,(H,29,30,32). The lowest BCUT2D eigenvalue weighted by Crippen LogP contribution is -2.11. The van der Waals surface area contributed by atoms with Crippen LogP contribution in [0.2, 0.25) is 5.02 Å². The van der Waals surface area contributed by atoms with Crippen LogP contribution in [-0.4, -0.2) is 25.3 Å². The largest absolute Gasteiger partial charge is 0.416 e. The van der Waals surface area contributed by atoms with Gasteiger partial charge in [0.05, 0.1) is 5.56 Å². The van der Waals surface area contributed by atoms with Crippen LogP contribution < -0.4 is 5.56 Å². The Kier molecular flexibility index (Phi) is 6.49. The number of halogens is 5. The summed E-state index contributed by atoms with van der Waals surface area (Å²) in [7, 11) is 0. The highest BCUT2D eigenvalue weighted by molar-refractivity contribution is 7.99. The van der Waals surface area contributed by atoms with Gasteiger partial charge in [0.15, 0.2) is 16.3 Å². The molecule has 0 aliphatic carbocycles. The molecule has 2 aromatic carbocycles. The molecule has 0 radical (unpaired) electrons. The maximum Gasteiger partial charge on any atom is 0.416 e. The van der Waals surface area contributed by atoms with E-state index in [9.17, 15) is 22.4 Å². The molecule has 0 saturated heterocycles. The van der Waals surface area contributed by atoms with Gasteiger partial charge in [0, 0.05) is 22.9 Å². The number of rotatable bonds is 6. The Morgan fingerprint density at radius 3 is 2.48 bits per heavy atom. The normalized spacial score (nSPS) is 11.9. The van der Waals surface area contributed by atoms with Crippen molar-refractivity contribution in [2.45, 2.75) is 31.2 Å². The number of nitrogens with zero attached hydrogens (tertiary/aromatic N) is 3. The van der Waals surface area contributed by atoms with E-state index in [0.29, 0.717) is 40.0 Å². The van der Waals surface area contributed by atoms with E-state index in [1.807, 2.05) is 11.5 Å². The highest BCUT2D eigenvalue weighted by Crippen LogP contribution is 2.31. The highest BCUT2D eigenvalue weighted by atomic mass is 35.5. The number of thioether (sulfide) groups is 1. The van der Waals surface area contributed by atoms with Crippen LogP contribution in [0.4, 0.5) is 17.6 Å². The van der Waals surface area contributed by atoms with Crippen molar-refractivity contribution >= 4 is 34.5 Å². The van der Waals surface area contributed by atoms with E-state index in [1.54, 1.807) is 24.3 Å². The maximum atomic E-state index is 14.1. The van der Waals surface area contributed by atoms with Gasteiger partial charge < -0.3 is 4.57 Å². The number of benzene rings is 2. The first-order valence-electron chi connectivity index (χ1n) is 9.92. The number of aryl methyl sites for hydroxylation is 2. The van der Waals surface area contributed by atoms with Gasteiger partial charge in [0.2, 0.25) is 0 Å². The molecule has 0 atom stereocenters. The van der Waals surface area contributed by atoms with Crippen LogP contribution in [0.25, 0.3) is 22.6 Å². The fraction of sp³-hybridized carbons (Fsp3) is 0.227. The summed E-state index contributed by atoms with van der Waals surface area (Å²) in [5, 5.41) is 0.897. The zero-order valence-electron chi connectivity index (χ0n) is 17.2. The van der Waals surface area contributed by atoms with Gasteiger partial charge in [-0.2, -0.15) is 13.2 Å². The van der Waals surface area contributed by atoms with Crippen molar-refractivity contribution in [2.75, 3.05) is 5.75 Å². The maximum absolute atomic E-state index is 14.1. The average molecular weight is 497 g/mol. The Bertz CT molecular complexity index is 1370. The molecule has 2 aromatic heterocycles. The molecular formula is C22H17ClF4N4OS. The van der Waals surface area contributed by atoms with Gasteiger partial charge in [-0.3, -0.25) is 9.78 Å². The van der Waals surface area contributed by atoms with E-state index in [1.165, 1.54) is 11.8 Å². The van der Waals surface area contributed by atoms with Crippen molar-refractivity contribution < 1.29 is 17.6 Å². The fourth-order valence-corrected chi connectivity index (χ4v) is 4.32. The molecular weight excluding hydrogens is 480 g/mol. The number of aromatic nitrogens is 4. The van der Waals surface area contributed by atoms with Crippen LogP contribution in [0.5, 0.6) is 0 Å². The van der Waals surface area contributed by atoms with Gasteiger partial charge in [-0.15, -0.1) is 0 Å². The lowest BCUT2D eigenvalue weighted by Gasteiger charge is -2.09. The molecule has 1 N–H and O–H groups in total. The van der Waals surface area contributed by atoms with Crippen LogP contribution >= 0.6 is 23.4 Å². The lowest BCUT2D eigenvalue weighted by atomic mass is 10.1. The molecule has 5 nitrogen and oxygen atoms in total. The SMILES string of the molecule is CCn1c(-c2ccc(Cl)cc2)nc2c(=O)[nH]c(SCCc3ccc(C(F)(F)F)cc3F)nc21. The van der Waals surface area contributed by atoms with Crippen molar-refractivity contribution in [3.63, 3.8) is 0 Å². The predicted octanol–water partition coefficient (Wildman–Crippen LogP) is 5.95. The van der Waals surface area contributed by atoms with Crippen LogP contribution in [0, 0.1) is 5.82 Å². The minimum Gasteiger partial charge on any atom is -0.309 e. The Morgan fingerprint density at radius 2 is 1.85 bits per heavy atom. The summed E-state index contributed by atoms with van der Waals surface area (Å²) in [6.07, 6.45) is -4.43. The summed E-state index contributed by atoms with van der Waals surface area (Å²) in [6.45, 7) is 2.43. The van der Waals surface area contributed by atoms with E-state index in [-0.39, 0.29) is 17.5 Å². The topological polar surface area (TPSA) is 63.6 Å². The fourth-order valence-electron chi connectivity index (χ4n) is 3.36. The molecule has 11 heteroatoms. The zero-order chi connectivity index (χ0) is 23.8. The number of nitrogens with one attached hydrogen (secondary N) is 1. The lowest BCUT2D eigenvalue weighted by molar-refractivity contribution is -0.137. The Balaban J connectivity index is 1.57. The van der Waals surface area contributed by atoms with Crippen LogP contribution in [0.3, 0.4) is 0 Å². The van der Waals surface area contributed by atoms with Crippen molar-refractivity contribution in [2.24, 2.45) is 0 Å². The van der Waals surface area contributed by atoms with Crippen molar-refractivity contribution in [1.82, 2.24) is 19.5 Å². The summed E-state index contributed by atoms with van der Waals surface area (Å²) in [5.74, 6) is -0.0313. The van der Waals surface area contributed by atoms with Gasteiger partial charge in [-0.05, 0) is 55.3 Å². The number of fused-ring (bicyclic) bond motifs is 1. The molecule has 0 spiro atoms. The molecule has 172 valence electrons. The minimum atomic E-state index is -4.60. The Labute approximate surface area is 194 Å². The molecule has 2 heterocycles. The third kappa shape index (κ3) is 4.91. The summed E-state index contributed by atoms with van der Waals surface area (Å²) < 4.78 is 54.0. The number of alkyl halides is 3. The second-order valence-electron chi connectivity index (χ2n) is 7.13. The number of hydrogen-bond donors (Lipinski definition) is 1. The van der Waals surface area contributed by atoms with Crippen LogP contribution in [-0.2, 0) is 19.1 Å². The molecule has 4 rings (SSSR count). The molecule has 4 aromatic rings. The molecule has 0 aliphatic heterocycles. The first-order valence-corrected chi connectivity index (χ1v) is 11.3. The molecule has 0 fully saturated rings. The van der Waals surface area contributed by atoms with E-state index in [4.69, 9.17) is 11.6 Å². The summed E-state index contributed by atoms with van der Waals surface area (Å²) in [4.78, 5) is 24.2. The smallest absolute Gasteiger partial charge is 0.309 e. The molecule has 33 heavy (non-hydrogen) atoms. The van der Waals surface area contributed by atoms with Crippen molar-refractivity contribution in [3.8, 4) is 11.4 Å². The summed E-state index contributed by atoms with van der Waals surface area (Å²) in [5.41, 5.74) is 0.102. The summed E-state index contributed by atoms with van der Waals surface area (Å²) in [6, 6.07) is 9.54. The number of hydrogen-bond acceptors (Lipinski definition) is 4. The average Bonchev–Trinajstić information content (AvgIpc) is 3.14.